The van der Waals surface area contributed by atoms with Gasteiger partial charge >= 0.3 is 0 Å². The fourth-order valence-corrected chi connectivity index (χ4v) is 1.79. The van der Waals surface area contributed by atoms with Crippen LogP contribution >= 0.6 is 11.6 Å². The number of amides is 1. The fourth-order valence-electron chi connectivity index (χ4n) is 1.59. The number of hydrogen-bond acceptors (Lipinski definition) is 3. The summed E-state index contributed by atoms with van der Waals surface area (Å²) in [5.41, 5.74) is 6.56. The van der Waals surface area contributed by atoms with Gasteiger partial charge in [0.05, 0.1) is 17.1 Å². The van der Waals surface area contributed by atoms with E-state index in [9.17, 15) is 4.79 Å². The average molecular weight is 265 g/mol. The number of halogens is 1. The maximum Gasteiger partial charge on any atom is 0.255 e. The van der Waals surface area contributed by atoms with E-state index in [-0.39, 0.29) is 5.91 Å². The Kier molecular flexibility index (Phi) is 3.53. The summed E-state index contributed by atoms with van der Waals surface area (Å²) in [4.78, 5) is 20.7. The third-order valence-corrected chi connectivity index (χ3v) is 2.84. The molecule has 0 saturated heterocycles. The van der Waals surface area contributed by atoms with Crippen LogP contribution in [0.25, 0.3) is 0 Å². The van der Waals surface area contributed by atoms with Crippen molar-refractivity contribution in [2.75, 3.05) is 12.8 Å². The van der Waals surface area contributed by atoms with Gasteiger partial charge in [0.2, 0.25) is 0 Å². The number of anilines is 1. The summed E-state index contributed by atoms with van der Waals surface area (Å²) in [6, 6.07) is 4.85. The molecule has 0 bridgehead atoms. The molecule has 2 rings (SSSR count). The van der Waals surface area contributed by atoms with Crippen LogP contribution in [0.3, 0.4) is 0 Å². The van der Waals surface area contributed by atoms with E-state index >= 15 is 0 Å². The summed E-state index contributed by atoms with van der Waals surface area (Å²) in [6.45, 7) is 0.386. The lowest BCUT2D eigenvalue weighted by molar-refractivity contribution is 0.0782. The predicted octanol–water partition coefficient (Wildman–Crippen LogP) is 1.92. The smallest absolute Gasteiger partial charge is 0.255 e. The molecule has 1 aromatic heterocycles. The quantitative estimate of drug-likeness (QED) is 0.832. The van der Waals surface area contributed by atoms with E-state index < -0.39 is 0 Å². The topological polar surface area (TPSA) is 75.0 Å². The number of benzene rings is 1. The Bertz CT molecular complexity index is 553. The fraction of sp³-hybridized carbons (Fsp3) is 0.167. The van der Waals surface area contributed by atoms with Crippen LogP contribution in [0.2, 0.25) is 5.02 Å². The van der Waals surface area contributed by atoms with Crippen molar-refractivity contribution < 1.29 is 4.79 Å². The molecule has 0 radical (unpaired) electrons. The highest BCUT2D eigenvalue weighted by Gasteiger charge is 2.16. The first-order chi connectivity index (χ1) is 8.58. The number of carbonyl (C=O) groups excluding carboxylic acids is 1. The summed E-state index contributed by atoms with van der Waals surface area (Å²) >= 11 is 5.99. The molecule has 0 spiro atoms. The van der Waals surface area contributed by atoms with E-state index in [0.29, 0.717) is 28.6 Å². The molecule has 3 N–H and O–H groups in total. The number of aromatic amines is 1. The Balaban J connectivity index is 2.17. The maximum atomic E-state index is 12.2. The monoisotopic (exact) mass is 264 g/mol. The summed E-state index contributed by atoms with van der Waals surface area (Å²) in [7, 11) is 1.68. The summed E-state index contributed by atoms with van der Waals surface area (Å²) < 4.78 is 0. The average Bonchev–Trinajstić information content (AvgIpc) is 2.84. The Morgan fingerprint density at radius 1 is 1.56 bits per heavy atom. The zero-order valence-corrected chi connectivity index (χ0v) is 10.6. The first kappa shape index (κ1) is 12.4. The second-order valence-electron chi connectivity index (χ2n) is 3.94. The molecule has 0 aliphatic carbocycles. The second kappa shape index (κ2) is 5.10. The molecule has 1 aromatic carbocycles. The third-order valence-electron chi connectivity index (χ3n) is 2.51. The molecule has 0 saturated carbocycles. The molecule has 0 unspecified atom stereocenters. The van der Waals surface area contributed by atoms with Gasteiger partial charge in [-0.3, -0.25) is 4.79 Å². The minimum absolute atomic E-state index is 0.191. The maximum absolute atomic E-state index is 12.2. The molecule has 5 nitrogen and oxygen atoms in total. The van der Waals surface area contributed by atoms with E-state index in [4.69, 9.17) is 17.3 Å². The molecule has 0 fully saturated rings. The highest BCUT2D eigenvalue weighted by Crippen LogP contribution is 2.20. The van der Waals surface area contributed by atoms with Crippen molar-refractivity contribution in [2.24, 2.45) is 0 Å². The van der Waals surface area contributed by atoms with Crippen molar-refractivity contribution in [3.8, 4) is 0 Å². The molecule has 6 heteroatoms. The van der Waals surface area contributed by atoms with Gasteiger partial charge in [-0.25, -0.2) is 4.98 Å². The van der Waals surface area contributed by atoms with Gasteiger partial charge in [0.1, 0.15) is 5.82 Å². The van der Waals surface area contributed by atoms with Gasteiger partial charge in [0, 0.05) is 25.1 Å². The molecule has 94 valence electrons. The normalized spacial score (nSPS) is 10.3. The number of nitrogens with two attached hydrogens (primary N) is 1. The molecule has 0 aliphatic heterocycles. The highest BCUT2D eigenvalue weighted by atomic mass is 35.5. The lowest BCUT2D eigenvalue weighted by Gasteiger charge is -2.16. The number of imidazole rings is 1. The zero-order valence-electron chi connectivity index (χ0n) is 9.85. The molecule has 1 heterocycles. The Morgan fingerprint density at radius 3 is 3.00 bits per heavy atom. The van der Waals surface area contributed by atoms with Gasteiger partial charge in [-0.15, -0.1) is 0 Å². The van der Waals surface area contributed by atoms with Crippen LogP contribution < -0.4 is 5.73 Å². The standard InChI is InChI=1S/C12H13ClN4O/c1-17(7-11-15-4-5-16-11)12(18)9-6-8(14)2-3-10(9)13/h2-6H,7,14H2,1H3,(H,15,16). The number of nitrogens with one attached hydrogen (secondary N) is 1. The van der Waals surface area contributed by atoms with Gasteiger partial charge in [-0.2, -0.15) is 0 Å². The minimum atomic E-state index is -0.191. The van der Waals surface area contributed by atoms with Crippen molar-refractivity contribution in [1.82, 2.24) is 14.9 Å². The summed E-state index contributed by atoms with van der Waals surface area (Å²) in [5.74, 6) is 0.523. The van der Waals surface area contributed by atoms with E-state index in [0.717, 1.165) is 0 Å². The number of H-pyrrole nitrogens is 1. The van der Waals surface area contributed by atoms with E-state index in [1.54, 1.807) is 37.6 Å². The van der Waals surface area contributed by atoms with Gasteiger partial charge < -0.3 is 15.6 Å². The third kappa shape index (κ3) is 2.62. The van der Waals surface area contributed by atoms with Crippen LogP contribution in [0.5, 0.6) is 0 Å². The Morgan fingerprint density at radius 2 is 2.33 bits per heavy atom. The van der Waals surface area contributed by atoms with Gasteiger partial charge in [0.25, 0.3) is 5.91 Å². The van der Waals surface area contributed by atoms with E-state index in [1.807, 2.05) is 0 Å². The number of nitrogen functional groups attached to an aromatic ring is 1. The Hall–Kier alpha value is -2.01. The predicted molar refractivity (Wildman–Crippen MR) is 70.2 cm³/mol. The van der Waals surface area contributed by atoms with Crippen molar-refractivity contribution in [3.05, 3.63) is 47.0 Å². The lowest BCUT2D eigenvalue weighted by atomic mass is 10.2. The number of aromatic nitrogens is 2. The largest absolute Gasteiger partial charge is 0.399 e. The van der Waals surface area contributed by atoms with Gasteiger partial charge in [-0.05, 0) is 18.2 Å². The number of nitrogens with zero attached hydrogens (tertiary/aromatic N) is 2. The van der Waals surface area contributed by atoms with Crippen molar-refractivity contribution in [1.29, 1.82) is 0 Å². The SMILES string of the molecule is CN(Cc1ncc[nH]1)C(=O)c1cc(N)ccc1Cl. The summed E-state index contributed by atoms with van der Waals surface area (Å²) in [5, 5.41) is 0.389. The number of rotatable bonds is 3. The first-order valence-corrected chi connectivity index (χ1v) is 5.74. The minimum Gasteiger partial charge on any atom is -0.399 e. The van der Waals surface area contributed by atoms with Crippen LogP contribution in [0.4, 0.5) is 5.69 Å². The molecule has 18 heavy (non-hydrogen) atoms. The molecule has 1 amide bonds. The van der Waals surface area contributed by atoms with Crippen LogP contribution in [0.15, 0.2) is 30.6 Å². The van der Waals surface area contributed by atoms with Crippen LogP contribution in [-0.2, 0) is 6.54 Å². The first-order valence-electron chi connectivity index (χ1n) is 5.36. The van der Waals surface area contributed by atoms with Crippen LogP contribution in [-0.4, -0.2) is 27.8 Å². The zero-order chi connectivity index (χ0) is 13.1. The molecule has 0 aliphatic rings. The van der Waals surface area contributed by atoms with E-state index in [2.05, 4.69) is 9.97 Å². The number of hydrogen-bond donors (Lipinski definition) is 2. The highest BCUT2D eigenvalue weighted by molar-refractivity contribution is 6.33. The van der Waals surface area contributed by atoms with Crippen molar-refractivity contribution in [2.45, 2.75) is 6.54 Å². The van der Waals surface area contributed by atoms with Crippen LogP contribution in [0, 0.1) is 0 Å². The number of carbonyl (C=O) groups is 1. The van der Waals surface area contributed by atoms with Crippen molar-refractivity contribution in [3.63, 3.8) is 0 Å². The van der Waals surface area contributed by atoms with E-state index in [1.165, 1.54) is 4.90 Å². The molecular weight excluding hydrogens is 252 g/mol. The molecule has 2 aromatic rings. The molecule has 0 atom stereocenters. The lowest BCUT2D eigenvalue weighted by Crippen LogP contribution is -2.27. The van der Waals surface area contributed by atoms with Gasteiger partial charge in [-0.1, -0.05) is 11.6 Å². The summed E-state index contributed by atoms with van der Waals surface area (Å²) in [6.07, 6.45) is 3.35. The van der Waals surface area contributed by atoms with Crippen molar-refractivity contribution >= 4 is 23.2 Å². The Labute approximate surface area is 110 Å². The van der Waals surface area contributed by atoms with Gasteiger partial charge in [0.15, 0.2) is 0 Å². The second-order valence-corrected chi connectivity index (χ2v) is 4.34. The van der Waals surface area contributed by atoms with Crippen LogP contribution in [0.1, 0.15) is 16.2 Å². The molecular formula is C12H13ClN4O.